The lowest BCUT2D eigenvalue weighted by Gasteiger charge is -2.25. The summed E-state index contributed by atoms with van der Waals surface area (Å²) in [5.41, 5.74) is 8.94. The van der Waals surface area contributed by atoms with E-state index in [0.29, 0.717) is 0 Å². The van der Waals surface area contributed by atoms with Crippen molar-refractivity contribution in [1.82, 2.24) is 0 Å². The predicted octanol–water partition coefficient (Wildman–Crippen LogP) is 14.1. The van der Waals surface area contributed by atoms with E-state index in [9.17, 15) is 0 Å². The van der Waals surface area contributed by atoms with Gasteiger partial charge in [0.2, 0.25) is 0 Å². The molecule has 0 radical (unpaired) electrons. The number of nitrogens with zero attached hydrogens (tertiary/aromatic N) is 1. The highest BCUT2D eigenvalue weighted by Gasteiger charge is 2.18. The highest BCUT2D eigenvalue weighted by atomic mass is 16.3. The third-order valence-corrected chi connectivity index (χ3v) is 10.4. The lowest BCUT2D eigenvalue weighted by molar-refractivity contribution is 0.669. The van der Waals surface area contributed by atoms with Gasteiger partial charge in [-0.2, -0.15) is 0 Å². The summed E-state index contributed by atoms with van der Waals surface area (Å²) in [7, 11) is 0. The molecule has 0 aliphatic heterocycles. The second-order valence-electron chi connectivity index (χ2n) is 13.3. The summed E-state index contributed by atoms with van der Waals surface area (Å²) in [5, 5.41) is 12.1. The van der Waals surface area contributed by atoms with Gasteiger partial charge in [0.25, 0.3) is 0 Å². The maximum atomic E-state index is 6.36. The van der Waals surface area contributed by atoms with Gasteiger partial charge in [-0.05, 0) is 98.0 Å². The zero-order chi connectivity index (χ0) is 33.5. The number of hydrogen-bond acceptors (Lipinski definition) is 3. The second kappa shape index (κ2) is 10.8. The fraction of sp³-hybridized carbons (Fsp3) is 0. The Balaban J connectivity index is 1.09. The van der Waals surface area contributed by atoms with Gasteiger partial charge in [0, 0.05) is 50.7 Å². The van der Waals surface area contributed by atoms with Crippen molar-refractivity contribution in [3.63, 3.8) is 0 Å². The second-order valence-corrected chi connectivity index (χ2v) is 13.3. The maximum Gasteiger partial charge on any atom is 0.137 e. The van der Waals surface area contributed by atoms with Crippen molar-refractivity contribution >= 4 is 93.3 Å². The van der Waals surface area contributed by atoms with E-state index in [1.54, 1.807) is 0 Å². The van der Waals surface area contributed by atoms with Crippen LogP contribution in [0.4, 0.5) is 17.1 Å². The van der Waals surface area contributed by atoms with Crippen LogP contribution < -0.4 is 4.90 Å². The number of furan rings is 2. The molecule has 51 heavy (non-hydrogen) atoms. The van der Waals surface area contributed by atoms with Gasteiger partial charge in [-0.15, -0.1) is 0 Å². The van der Waals surface area contributed by atoms with Crippen molar-refractivity contribution < 1.29 is 8.83 Å². The summed E-state index contributed by atoms with van der Waals surface area (Å²) in [6.45, 7) is 0. The van der Waals surface area contributed by atoms with E-state index in [4.69, 9.17) is 8.83 Å². The molecule has 0 saturated heterocycles. The first-order valence-corrected chi connectivity index (χ1v) is 17.3. The zero-order valence-electron chi connectivity index (χ0n) is 27.5. The third kappa shape index (κ3) is 4.32. The van der Waals surface area contributed by atoms with Crippen LogP contribution in [0, 0.1) is 0 Å². The van der Waals surface area contributed by atoms with Crippen LogP contribution in [0.2, 0.25) is 0 Å². The first kappa shape index (κ1) is 28.0. The van der Waals surface area contributed by atoms with E-state index in [0.717, 1.165) is 60.9 Å². The maximum absolute atomic E-state index is 6.36. The Morgan fingerprint density at radius 2 is 0.804 bits per heavy atom. The number of hydrogen-bond donors (Lipinski definition) is 0. The minimum atomic E-state index is 0.857. The fourth-order valence-corrected chi connectivity index (χ4v) is 8.06. The Morgan fingerprint density at radius 3 is 1.45 bits per heavy atom. The Hall–Kier alpha value is -6.84. The summed E-state index contributed by atoms with van der Waals surface area (Å²) in [6.07, 6.45) is 0. The summed E-state index contributed by atoms with van der Waals surface area (Å²) in [5.74, 6) is 0. The van der Waals surface area contributed by atoms with E-state index >= 15 is 0 Å². The van der Waals surface area contributed by atoms with Crippen LogP contribution in [0.15, 0.2) is 185 Å². The van der Waals surface area contributed by atoms with Crippen molar-refractivity contribution in [3.05, 3.63) is 176 Å². The largest absolute Gasteiger partial charge is 0.456 e. The molecule has 11 rings (SSSR count). The van der Waals surface area contributed by atoms with E-state index in [1.807, 2.05) is 24.3 Å². The normalized spacial score (nSPS) is 11.9. The lowest BCUT2D eigenvalue weighted by Crippen LogP contribution is -2.09. The Labute approximate surface area is 293 Å². The summed E-state index contributed by atoms with van der Waals surface area (Å²) in [6, 6.07) is 62.7. The predicted molar refractivity (Wildman–Crippen MR) is 214 cm³/mol. The number of para-hydroxylation sites is 2. The molecule has 0 aliphatic rings. The number of fused-ring (bicyclic) bond motifs is 11. The minimum Gasteiger partial charge on any atom is -0.456 e. The van der Waals surface area contributed by atoms with Gasteiger partial charge < -0.3 is 13.7 Å². The monoisotopic (exact) mass is 651 g/mol. The molecule has 9 aromatic carbocycles. The third-order valence-electron chi connectivity index (χ3n) is 10.4. The van der Waals surface area contributed by atoms with Gasteiger partial charge in [-0.25, -0.2) is 0 Å². The molecule has 2 heterocycles. The molecule has 0 fully saturated rings. The van der Waals surface area contributed by atoms with Crippen LogP contribution in [0.5, 0.6) is 0 Å². The van der Waals surface area contributed by atoms with Gasteiger partial charge in [0.05, 0.1) is 0 Å². The molecule has 0 saturated carbocycles. The molecule has 0 bridgehead atoms. The molecular weight excluding hydrogens is 623 g/mol. The van der Waals surface area contributed by atoms with Crippen molar-refractivity contribution in [2.24, 2.45) is 0 Å². The van der Waals surface area contributed by atoms with Gasteiger partial charge in [-0.3, -0.25) is 0 Å². The van der Waals surface area contributed by atoms with Gasteiger partial charge in [-0.1, -0.05) is 109 Å². The highest BCUT2D eigenvalue weighted by Crippen LogP contribution is 2.43. The molecule has 0 spiro atoms. The molecule has 3 nitrogen and oxygen atoms in total. The standard InChI is InChI=1S/C48H29NO2/c1-2-10-36-30(9-1)17-18-32-27-43(37-11-3-4-14-42(37)48(32)36)31-19-21-33(22-20-31)49(34-23-25-40-38-12-5-7-15-44(38)50-46(40)28-34)35-24-26-41-39-13-6-8-16-45(39)51-47(41)29-35/h1-29H. The SMILES string of the molecule is c1ccc2c(c1)ccc1cc(-c3ccc(N(c4ccc5c(c4)oc4ccccc45)c4ccc5c(c4)oc4ccccc45)cc3)c3ccccc3c12. The Morgan fingerprint density at radius 1 is 0.314 bits per heavy atom. The van der Waals surface area contributed by atoms with E-state index in [2.05, 4.69) is 157 Å². The lowest BCUT2D eigenvalue weighted by atomic mass is 9.91. The summed E-state index contributed by atoms with van der Waals surface area (Å²) >= 11 is 0. The Bertz CT molecular complexity index is 3030. The molecule has 0 aliphatic carbocycles. The van der Waals surface area contributed by atoms with Gasteiger partial charge in [0.15, 0.2) is 0 Å². The molecule has 238 valence electrons. The number of rotatable bonds is 4. The van der Waals surface area contributed by atoms with Crippen LogP contribution in [0.3, 0.4) is 0 Å². The molecule has 0 N–H and O–H groups in total. The topological polar surface area (TPSA) is 29.5 Å². The van der Waals surface area contributed by atoms with Gasteiger partial charge in [0.1, 0.15) is 22.3 Å². The first-order valence-electron chi connectivity index (χ1n) is 17.3. The van der Waals surface area contributed by atoms with E-state index in [-0.39, 0.29) is 0 Å². The smallest absolute Gasteiger partial charge is 0.137 e. The number of benzene rings is 9. The van der Waals surface area contributed by atoms with Crippen molar-refractivity contribution in [2.45, 2.75) is 0 Å². The average Bonchev–Trinajstić information content (AvgIpc) is 3.75. The van der Waals surface area contributed by atoms with Crippen LogP contribution in [0.25, 0.3) is 87.3 Å². The highest BCUT2D eigenvalue weighted by molar-refractivity contribution is 6.23. The minimum absolute atomic E-state index is 0.857. The first-order chi connectivity index (χ1) is 25.3. The summed E-state index contributed by atoms with van der Waals surface area (Å²) < 4.78 is 12.7. The fourth-order valence-electron chi connectivity index (χ4n) is 8.06. The van der Waals surface area contributed by atoms with E-state index in [1.165, 1.54) is 43.4 Å². The van der Waals surface area contributed by atoms with Crippen LogP contribution in [-0.4, -0.2) is 0 Å². The molecule has 11 aromatic rings. The van der Waals surface area contributed by atoms with Crippen LogP contribution in [0.1, 0.15) is 0 Å². The quantitative estimate of drug-likeness (QED) is 0.177. The molecule has 3 heteroatoms. The molecule has 0 unspecified atom stereocenters. The molecule has 0 atom stereocenters. The average molecular weight is 652 g/mol. The van der Waals surface area contributed by atoms with Crippen LogP contribution >= 0.6 is 0 Å². The Kier molecular flexibility index (Phi) is 5.96. The van der Waals surface area contributed by atoms with Crippen molar-refractivity contribution in [2.75, 3.05) is 4.90 Å². The molecule has 2 aromatic heterocycles. The molecular formula is C48H29NO2. The van der Waals surface area contributed by atoms with Crippen molar-refractivity contribution in [1.29, 1.82) is 0 Å². The van der Waals surface area contributed by atoms with Gasteiger partial charge >= 0.3 is 0 Å². The summed E-state index contributed by atoms with van der Waals surface area (Å²) in [4.78, 5) is 2.29. The zero-order valence-corrected chi connectivity index (χ0v) is 27.5. The van der Waals surface area contributed by atoms with E-state index < -0.39 is 0 Å². The molecule has 0 amide bonds. The van der Waals surface area contributed by atoms with Crippen molar-refractivity contribution in [3.8, 4) is 11.1 Å². The number of anilines is 3. The van der Waals surface area contributed by atoms with Crippen LogP contribution in [-0.2, 0) is 0 Å².